The van der Waals surface area contributed by atoms with Crippen LogP contribution in [0.1, 0.15) is 31.1 Å². The lowest BCUT2D eigenvalue weighted by molar-refractivity contribution is 0.0698. The van der Waals surface area contributed by atoms with Crippen LogP contribution in [-0.4, -0.2) is 33.3 Å². The summed E-state index contributed by atoms with van der Waals surface area (Å²) < 4.78 is 0. The van der Waals surface area contributed by atoms with E-state index in [1.165, 1.54) is 12.1 Å². The molecule has 0 radical (unpaired) electrons. The van der Waals surface area contributed by atoms with Crippen molar-refractivity contribution >= 4 is 55.1 Å². The first kappa shape index (κ1) is 14.8. The van der Waals surface area contributed by atoms with E-state index < -0.39 is 5.97 Å². The van der Waals surface area contributed by atoms with Crippen LogP contribution in [0.5, 0.6) is 0 Å². The molecule has 3 N–H and O–H groups in total. The topological polar surface area (TPSA) is 97.5 Å². The number of anilines is 1. The van der Waals surface area contributed by atoms with Crippen LogP contribution in [0.3, 0.4) is 0 Å². The Labute approximate surface area is 120 Å². The summed E-state index contributed by atoms with van der Waals surface area (Å²) in [7, 11) is 0. The number of aromatic carboxylic acids is 1. The summed E-state index contributed by atoms with van der Waals surface area (Å²) in [5.74, 6) is -1.97. The van der Waals surface area contributed by atoms with Crippen LogP contribution in [-0.2, 0) is 0 Å². The number of benzene rings is 1. The minimum Gasteiger partial charge on any atom is -0.478 e. The van der Waals surface area contributed by atoms with Crippen molar-refractivity contribution in [2.75, 3.05) is 16.4 Å². The predicted octanol–water partition coefficient (Wildman–Crippen LogP) is 2.12. The molecule has 1 rings (SSSR count). The third kappa shape index (κ3) is 2.97. The van der Waals surface area contributed by atoms with Crippen LogP contribution >= 0.6 is 31.9 Å². The first-order valence-corrected chi connectivity index (χ1v) is 7.01. The number of carboxylic acids is 1. The van der Waals surface area contributed by atoms with Gasteiger partial charge in [-0.25, -0.2) is 4.79 Å². The lowest BCUT2D eigenvalue weighted by Crippen LogP contribution is -2.13. The summed E-state index contributed by atoms with van der Waals surface area (Å²) in [6.07, 6.45) is 0. The Kier molecular flexibility index (Phi) is 5.03. The van der Waals surface area contributed by atoms with Crippen LogP contribution < -0.4 is 5.73 Å². The zero-order valence-electron chi connectivity index (χ0n) is 9.07. The average molecular weight is 379 g/mol. The Morgan fingerprint density at radius 3 is 2.00 bits per heavy atom. The summed E-state index contributed by atoms with van der Waals surface area (Å²) in [5, 5.41) is 9.04. The molecule has 0 aliphatic heterocycles. The van der Waals surface area contributed by atoms with Gasteiger partial charge in [0.15, 0.2) is 11.6 Å². The van der Waals surface area contributed by atoms with Crippen LogP contribution in [0.4, 0.5) is 5.69 Å². The van der Waals surface area contributed by atoms with Gasteiger partial charge in [-0.1, -0.05) is 31.9 Å². The van der Waals surface area contributed by atoms with Gasteiger partial charge in [-0.15, -0.1) is 0 Å². The molecule has 96 valence electrons. The molecule has 0 saturated heterocycles. The maximum atomic E-state index is 11.6. The van der Waals surface area contributed by atoms with Crippen molar-refractivity contribution < 1.29 is 19.5 Å². The molecule has 7 heteroatoms. The van der Waals surface area contributed by atoms with E-state index in [0.29, 0.717) is 0 Å². The fraction of sp³-hybridized carbons (Fsp3) is 0.182. The highest BCUT2D eigenvalue weighted by Crippen LogP contribution is 2.22. The number of Topliss-reactive ketones (excluding diaryl/α,β-unsaturated/α-hetero) is 2. The zero-order valence-corrected chi connectivity index (χ0v) is 12.2. The quantitative estimate of drug-likeness (QED) is 0.464. The Bertz CT molecular complexity index is 528. The highest BCUT2D eigenvalue weighted by atomic mass is 79.9. The molecular formula is C11H9Br2NO4. The molecule has 0 fully saturated rings. The molecule has 0 heterocycles. The van der Waals surface area contributed by atoms with Gasteiger partial charge in [0.25, 0.3) is 0 Å². The molecule has 0 saturated carbocycles. The lowest BCUT2D eigenvalue weighted by Gasteiger charge is -2.09. The van der Waals surface area contributed by atoms with Gasteiger partial charge in [-0.2, -0.15) is 0 Å². The maximum Gasteiger partial charge on any atom is 0.337 e. The van der Waals surface area contributed by atoms with Crippen molar-refractivity contribution in [3.63, 3.8) is 0 Å². The highest BCUT2D eigenvalue weighted by molar-refractivity contribution is 9.09. The number of alkyl halides is 2. The number of ketones is 2. The van der Waals surface area contributed by atoms with E-state index in [4.69, 9.17) is 10.8 Å². The van der Waals surface area contributed by atoms with E-state index >= 15 is 0 Å². The molecule has 0 aromatic heterocycles. The van der Waals surface area contributed by atoms with Gasteiger partial charge in [0.1, 0.15) is 0 Å². The molecule has 5 nitrogen and oxygen atoms in total. The second kappa shape index (κ2) is 6.10. The second-order valence-electron chi connectivity index (χ2n) is 3.40. The molecule has 18 heavy (non-hydrogen) atoms. The third-order valence-corrected chi connectivity index (χ3v) is 3.29. The van der Waals surface area contributed by atoms with E-state index in [1.54, 1.807) is 0 Å². The normalized spacial score (nSPS) is 10.1. The van der Waals surface area contributed by atoms with Gasteiger partial charge in [-0.3, -0.25) is 9.59 Å². The average Bonchev–Trinajstić information content (AvgIpc) is 2.36. The molecule has 0 amide bonds. The van der Waals surface area contributed by atoms with Crippen LogP contribution in [0.15, 0.2) is 12.1 Å². The number of nitrogen functional groups attached to an aromatic ring is 1. The minimum absolute atomic E-state index is 0.00220. The summed E-state index contributed by atoms with van der Waals surface area (Å²) in [4.78, 5) is 34.2. The van der Waals surface area contributed by atoms with Gasteiger partial charge in [-0.05, 0) is 12.1 Å². The predicted molar refractivity (Wildman–Crippen MR) is 74.1 cm³/mol. The second-order valence-corrected chi connectivity index (χ2v) is 4.53. The maximum absolute atomic E-state index is 11.6. The number of carbonyl (C=O) groups is 3. The van der Waals surface area contributed by atoms with Gasteiger partial charge in [0.2, 0.25) is 0 Å². The molecule has 0 aliphatic carbocycles. The molecule has 1 aromatic carbocycles. The SMILES string of the molecule is Nc1c(C(=O)O)cc(C(=O)CBr)cc1C(=O)CBr. The van der Waals surface area contributed by atoms with E-state index in [2.05, 4.69) is 31.9 Å². The molecule has 0 spiro atoms. The minimum atomic E-state index is -1.28. The molecule has 0 unspecified atom stereocenters. The number of carboxylic acid groups (broad SMARTS) is 1. The first-order valence-electron chi connectivity index (χ1n) is 4.77. The van der Waals surface area contributed by atoms with Gasteiger partial charge < -0.3 is 10.8 Å². The van der Waals surface area contributed by atoms with Crippen LogP contribution in [0.2, 0.25) is 0 Å². The van der Waals surface area contributed by atoms with Crippen LogP contribution in [0.25, 0.3) is 0 Å². The fourth-order valence-corrected chi connectivity index (χ4v) is 2.00. The van der Waals surface area contributed by atoms with E-state index in [9.17, 15) is 14.4 Å². The summed E-state index contributed by atoms with van der Waals surface area (Å²) >= 11 is 5.97. The van der Waals surface area contributed by atoms with Crippen molar-refractivity contribution in [2.45, 2.75) is 0 Å². The largest absolute Gasteiger partial charge is 0.478 e. The fourth-order valence-electron chi connectivity index (χ4n) is 1.37. The summed E-state index contributed by atoms with van der Waals surface area (Å²) in [6.45, 7) is 0. The Morgan fingerprint density at radius 2 is 1.56 bits per heavy atom. The number of rotatable bonds is 5. The number of carbonyl (C=O) groups excluding carboxylic acids is 2. The van der Waals surface area contributed by atoms with Crippen molar-refractivity contribution in [1.82, 2.24) is 0 Å². The molecule has 0 aliphatic rings. The Hall–Kier alpha value is -1.21. The molecule has 0 atom stereocenters. The summed E-state index contributed by atoms with van der Waals surface area (Å²) in [6, 6.07) is 2.49. The van der Waals surface area contributed by atoms with E-state index in [1.807, 2.05) is 0 Å². The number of hydrogen-bond donors (Lipinski definition) is 2. The number of nitrogens with two attached hydrogens (primary N) is 1. The lowest BCUT2D eigenvalue weighted by atomic mass is 9.98. The van der Waals surface area contributed by atoms with E-state index in [0.717, 1.165) is 0 Å². The molecule has 0 bridgehead atoms. The third-order valence-electron chi connectivity index (χ3n) is 2.28. The smallest absolute Gasteiger partial charge is 0.337 e. The number of hydrogen-bond acceptors (Lipinski definition) is 4. The van der Waals surface area contributed by atoms with Gasteiger partial charge in [0.05, 0.1) is 21.9 Å². The van der Waals surface area contributed by atoms with Crippen LogP contribution in [0, 0.1) is 0 Å². The van der Waals surface area contributed by atoms with Crippen molar-refractivity contribution in [3.05, 3.63) is 28.8 Å². The summed E-state index contributed by atoms with van der Waals surface area (Å²) in [5.41, 5.74) is 5.43. The molecule has 1 aromatic rings. The monoisotopic (exact) mass is 377 g/mol. The highest BCUT2D eigenvalue weighted by Gasteiger charge is 2.19. The van der Waals surface area contributed by atoms with Crippen molar-refractivity contribution in [2.24, 2.45) is 0 Å². The van der Waals surface area contributed by atoms with Crippen molar-refractivity contribution in [3.8, 4) is 0 Å². The zero-order chi connectivity index (χ0) is 13.9. The van der Waals surface area contributed by atoms with Gasteiger partial charge >= 0.3 is 5.97 Å². The Balaban J connectivity index is 3.51. The first-order chi connectivity index (χ1) is 8.42. The molecular weight excluding hydrogens is 370 g/mol. The van der Waals surface area contributed by atoms with Crippen molar-refractivity contribution in [1.29, 1.82) is 0 Å². The standard InChI is InChI=1S/C11H9Br2NO4/c12-3-8(15)5-1-6(9(16)4-13)10(14)7(2-5)11(17)18/h1-2H,3-4,14H2,(H,17,18). The number of halogens is 2. The van der Waals surface area contributed by atoms with E-state index in [-0.39, 0.29) is 44.6 Å². The van der Waals surface area contributed by atoms with Gasteiger partial charge in [0, 0.05) is 11.1 Å². The Morgan fingerprint density at radius 1 is 1.06 bits per heavy atom.